The van der Waals surface area contributed by atoms with Crippen LogP contribution in [0.4, 0.5) is 0 Å². The molecule has 0 atom stereocenters. The van der Waals surface area contributed by atoms with Crippen LogP contribution in [0.5, 0.6) is 11.5 Å². The summed E-state index contributed by atoms with van der Waals surface area (Å²) in [6, 6.07) is 1.94. The quantitative estimate of drug-likeness (QED) is 0.739. The van der Waals surface area contributed by atoms with E-state index >= 15 is 0 Å². The molecule has 1 aromatic rings. The normalized spacial score (nSPS) is 15.2. The lowest BCUT2D eigenvalue weighted by atomic mass is 10.4. The Morgan fingerprint density at radius 1 is 1.44 bits per heavy atom. The fourth-order valence-electron chi connectivity index (χ4n) is 1.35. The highest BCUT2D eigenvalue weighted by Crippen LogP contribution is 2.34. The second kappa shape index (κ2) is 4.95. The smallest absolute Gasteiger partial charge is 0.155 e. The first-order valence-electron chi connectivity index (χ1n) is 5.56. The fourth-order valence-corrected chi connectivity index (χ4v) is 1.82. The van der Waals surface area contributed by atoms with Crippen LogP contribution in [0.1, 0.15) is 26.7 Å². The summed E-state index contributed by atoms with van der Waals surface area (Å²) < 4.78 is 11.4. The number of hydrogen-bond donors (Lipinski definition) is 0. The molecule has 0 radical (unpaired) electrons. The maximum absolute atomic E-state index is 5.81. The Balaban J connectivity index is 2.15. The first kappa shape index (κ1) is 11.6. The number of pyridine rings is 1. The van der Waals surface area contributed by atoms with Crippen LogP contribution in [-0.4, -0.2) is 23.4 Å². The van der Waals surface area contributed by atoms with Crippen molar-refractivity contribution in [1.82, 2.24) is 4.98 Å². The van der Waals surface area contributed by atoms with Gasteiger partial charge in [-0.1, -0.05) is 0 Å². The molecule has 1 heterocycles. The average molecular weight is 239 g/mol. The number of rotatable bonds is 5. The van der Waals surface area contributed by atoms with E-state index in [2.05, 4.69) is 4.98 Å². The maximum atomic E-state index is 5.81. The van der Waals surface area contributed by atoms with Gasteiger partial charge < -0.3 is 9.47 Å². The van der Waals surface area contributed by atoms with E-state index in [0.29, 0.717) is 6.10 Å². The number of thioether (sulfide) groups is 1. The van der Waals surface area contributed by atoms with Gasteiger partial charge in [0.25, 0.3) is 0 Å². The molecule has 0 amide bonds. The van der Waals surface area contributed by atoms with Gasteiger partial charge in [0.05, 0.1) is 18.4 Å². The standard InChI is InChI=1S/C12H17NO2S/c1-8(2)14-10-6-11(15-9-4-5-9)12(16-3)13-7-10/h6-9H,4-5H2,1-3H3. The van der Waals surface area contributed by atoms with Crippen molar-refractivity contribution in [2.75, 3.05) is 6.26 Å². The van der Waals surface area contributed by atoms with Crippen molar-refractivity contribution in [3.8, 4) is 11.5 Å². The summed E-state index contributed by atoms with van der Waals surface area (Å²) in [4.78, 5) is 4.34. The molecule has 3 nitrogen and oxygen atoms in total. The molecule has 0 N–H and O–H groups in total. The van der Waals surface area contributed by atoms with Gasteiger partial charge in [0.2, 0.25) is 0 Å². The molecular weight excluding hydrogens is 222 g/mol. The molecule has 0 spiro atoms. The molecule has 2 rings (SSSR count). The summed E-state index contributed by atoms with van der Waals surface area (Å²) >= 11 is 1.60. The Labute approximate surface area is 101 Å². The van der Waals surface area contributed by atoms with Crippen LogP contribution in [0.25, 0.3) is 0 Å². The van der Waals surface area contributed by atoms with E-state index in [1.165, 1.54) is 0 Å². The first-order chi connectivity index (χ1) is 7.69. The molecule has 4 heteroatoms. The Hall–Kier alpha value is -0.900. The molecule has 1 aliphatic rings. The predicted octanol–water partition coefficient (Wildman–Crippen LogP) is 3.13. The zero-order valence-corrected chi connectivity index (χ0v) is 10.7. The SMILES string of the molecule is CSc1ncc(OC(C)C)cc1OC1CC1. The molecule has 1 fully saturated rings. The lowest BCUT2D eigenvalue weighted by Crippen LogP contribution is -2.07. The maximum Gasteiger partial charge on any atom is 0.155 e. The van der Waals surface area contributed by atoms with Crippen LogP contribution >= 0.6 is 11.8 Å². The molecule has 1 saturated carbocycles. The average Bonchev–Trinajstić information content (AvgIpc) is 3.01. The van der Waals surface area contributed by atoms with E-state index in [4.69, 9.17) is 9.47 Å². The van der Waals surface area contributed by atoms with Crippen molar-refractivity contribution in [3.63, 3.8) is 0 Å². The zero-order valence-electron chi connectivity index (χ0n) is 9.90. The van der Waals surface area contributed by atoms with Gasteiger partial charge in [-0.3, -0.25) is 0 Å². The third kappa shape index (κ3) is 3.04. The van der Waals surface area contributed by atoms with Gasteiger partial charge in [-0.15, -0.1) is 11.8 Å². The molecule has 0 unspecified atom stereocenters. The van der Waals surface area contributed by atoms with E-state index in [1.807, 2.05) is 26.2 Å². The Morgan fingerprint density at radius 3 is 2.75 bits per heavy atom. The van der Waals surface area contributed by atoms with Crippen LogP contribution in [0, 0.1) is 0 Å². The van der Waals surface area contributed by atoms with E-state index in [9.17, 15) is 0 Å². The van der Waals surface area contributed by atoms with Crippen molar-refractivity contribution in [2.45, 2.75) is 43.9 Å². The van der Waals surface area contributed by atoms with Crippen LogP contribution in [0.3, 0.4) is 0 Å². The molecule has 88 valence electrons. The topological polar surface area (TPSA) is 31.4 Å². The summed E-state index contributed by atoms with van der Waals surface area (Å²) in [7, 11) is 0. The highest BCUT2D eigenvalue weighted by molar-refractivity contribution is 7.98. The molecule has 0 saturated heterocycles. The molecule has 0 aromatic carbocycles. The number of nitrogens with zero attached hydrogens (tertiary/aromatic N) is 1. The van der Waals surface area contributed by atoms with Crippen LogP contribution in [-0.2, 0) is 0 Å². The van der Waals surface area contributed by atoms with Crippen molar-refractivity contribution < 1.29 is 9.47 Å². The first-order valence-corrected chi connectivity index (χ1v) is 6.79. The summed E-state index contributed by atoms with van der Waals surface area (Å²) in [6.07, 6.45) is 6.63. The van der Waals surface area contributed by atoms with Crippen LogP contribution in [0.2, 0.25) is 0 Å². The Bertz CT molecular complexity index is 364. The Kier molecular flexibility index (Phi) is 3.59. The van der Waals surface area contributed by atoms with Crippen LogP contribution < -0.4 is 9.47 Å². The van der Waals surface area contributed by atoms with E-state index in [0.717, 1.165) is 29.4 Å². The highest BCUT2D eigenvalue weighted by Gasteiger charge is 2.25. The highest BCUT2D eigenvalue weighted by atomic mass is 32.2. The van der Waals surface area contributed by atoms with Gasteiger partial charge in [-0.2, -0.15) is 0 Å². The van der Waals surface area contributed by atoms with Crippen LogP contribution in [0.15, 0.2) is 17.3 Å². The second-order valence-corrected chi connectivity index (χ2v) is 4.96. The van der Waals surface area contributed by atoms with Crippen molar-refractivity contribution in [3.05, 3.63) is 12.3 Å². The lowest BCUT2D eigenvalue weighted by Gasteiger charge is -2.13. The summed E-state index contributed by atoms with van der Waals surface area (Å²) in [5.74, 6) is 1.64. The zero-order chi connectivity index (χ0) is 11.5. The van der Waals surface area contributed by atoms with Gasteiger partial charge in [0, 0.05) is 6.07 Å². The number of aromatic nitrogens is 1. The Morgan fingerprint density at radius 2 is 2.19 bits per heavy atom. The summed E-state index contributed by atoms with van der Waals surface area (Å²) in [5.41, 5.74) is 0. The van der Waals surface area contributed by atoms with Gasteiger partial charge in [-0.05, 0) is 32.9 Å². The number of hydrogen-bond acceptors (Lipinski definition) is 4. The van der Waals surface area contributed by atoms with E-state index in [-0.39, 0.29) is 6.10 Å². The van der Waals surface area contributed by atoms with Gasteiger partial charge in [0.1, 0.15) is 10.8 Å². The number of ether oxygens (including phenoxy) is 2. The minimum absolute atomic E-state index is 0.163. The van der Waals surface area contributed by atoms with Crippen molar-refractivity contribution in [1.29, 1.82) is 0 Å². The molecule has 1 aliphatic carbocycles. The predicted molar refractivity (Wildman–Crippen MR) is 65.4 cm³/mol. The van der Waals surface area contributed by atoms with Gasteiger partial charge in [0.15, 0.2) is 5.75 Å². The van der Waals surface area contributed by atoms with Crippen molar-refractivity contribution in [2.24, 2.45) is 0 Å². The van der Waals surface area contributed by atoms with E-state index in [1.54, 1.807) is 18.0 Å². The molecule has 1 aromatic heterocycles. The van der Waals surface area contributed by atoms with Crippen molar-refractivity contribution >= 4 is 11.8 Å². The third-order valence-corrected chi connectivity index (χ3v) is 2.87. The molecular formula is C12H17NO2S. The van der Waals surface area contributed by atoms with Gasteiger partial charge >= 0.3 is 0 Å². The van der Waals surface area contributed by atoms with E-state index < -0.39 is 0 Å². The summed E-state index contributed by atoms with van der Waals surface area (Å²) in [5, 5.41) is 0.933. The molecule has 0 bridgehead atoms. The monoisotopic (exact) mass is 239 g/mol. The van der Waals surface area contributed by atoms with Gasteiger partial charge in [-0.25, -0.2) is 4.98 Å². The molecule has 16 heavy (non-hydrogen) atoms. The largest absolute Gasteiger partial charge is 0.489 e. The molecule has 0 aliphatic heterocycles. The minimum Gasteiger partial charge on any atom is -0.489 e. The third-order valence-electron chi connectivity index (χ3n) is 2.18. The second-order valence-electron chi connectivity index (χ2n) is 4.16. The fraction of sp³-hybridized carbons (Fsp3) is 0.583. The summed E-state index contributed by atoms with van der Waals surface area (Å²) in [6.45, 7) is 4.01. The lowest BCUT2D eigenvalue weighted by molar-refractivity contribution is 0.236. The minimum atomic E-state index is 0.163.